The van der Waals surface area contributed by atoms with Gasteiger partial charge in [-0.3, -0.25) is 0 Å². The number of aryl methyl sites for hydroxylation is 2. The molecule has 0 spiro atoms. The fourth-order valence-electron chi connectivity index (χ4n) is 2.20. The highest BCUT2D eigenvalue weighted by molar-refractivity contribution is 5.53. The second kappa shape index (κ2) is 6.60. The monoisotopic (exact) mass is 247 g/mol. The molecule has 0 unspecified atom stereocenters. The molecule has 0 aliphatic rings. The first-order valence-electron chi connectivity index (χ1n) is 6.49. The number of rotatable bonds is 5. The van der Waals surface area contributed by atoms with Crippen LogP contribution in [0.5, 0.6) is 0 Å². The van der Waals surface area contributed by atoms with E-state index in [1.165, 1.54) is 28.0 Å². The molecule has 1 rings (SSSR count). The summed E-state index contributed by atoms with van der Waals surface area (Å²) in [4.78, 5) is 2.14. The molecule has 1 aromatic rings. The summed E-state index contributed by atoms with van der Waals surface area (Å²) in [5, 5.41) is 8.86. The summed E-state index contributed by atoms with van der Waals surface area (Å²) in [5.41, 5.74) is 6.67. The summed E-state index contributed by atoms with van der Waals surface area (Å²) in [6.07, 6.45) is 3.95. The lowest BCUT2D eigenvalue weighted by molar-refractivity contribution is 0.341. The van der Waals surface area contributed by atoms with E-state index in [2.05, 4.69) is 51.9 Å². The molecule has 0 saturated heterocycles. The maximum Gasteiger partial charge on any atom is 0.0614 e. The van der Waals surface area contributed by atoms with Gasteiger partial charge < -0.3 is 10.0 Å². The van der Waals surface area contributed by atoms with Crippen LogP contribution in [0.3, 0.4) is 0 Å². The predicted molar refractivity (Wildman–Crippen MR) is 79.4 cm³/mol. The Morgan fingerprint density at radius 2 is 1.78 bits per heavy atom. The molecule has 0 radical (unpaired) electrons. The molecule has 2 heteroatoms. The highest BCUT2D eigenvalue weighted by atomic mass is 16.2. The van der Waals surface area contributed by atoms with Gasteiger partial charge in [0.2, 0.25) is 0 Å². The molecule has 1 N–H and O–H groups in total. The van der Waals surface area contributed by atoms with Gasteiger partial charge in [0, 0.05) is 19.8 Å². The highest BCUT2D eigenvalue weighted by Gasteiger charge is 2.06. The third-order valence-corrected chi connectivity index (χ3v) is 3.41. The summed E-state index contributed by atoms with van der Waals surface area (Å²) < 4.78 is 0. The van der Waals surface area contributed by atoms with Crippen molar-refractivity contribution in [1.29, 1.82) is 0 Å². The van der Waals surface area contributed by atoms with E-state index in [0.29, 0.717) is 0 Å². The molecule has 0 aliphatic heterocycles. The van der Waals surface area contributed by atoms with E-state index < -0.39 is 0 Å². The van der Waals surface area contributed by atoms with Crippen molar-refractivity contribution in [2.45, 2.75) is 33.6 Å². The van der Waals surface area contributed by atoms with Gasteiger partial charge in [-0.25, -0.2) is 0 Å². The molecular formula is C16H25NO. The zero-order chi connectivity index (χ0) is 13.7. The van der Waals surface area contributed by atoms with E-state index in [1.807, 2.05) is 6.08 Å². The van der Waals surface area contributed by atoms with Crippen LogP contribution >= 0.6 is 0 Å². The van der Waals surface area contributed by atoms with Gasteiger partial charge in [0.25, 0.3) is 0 Å². The van der Waals surface area contributed by atoms with Gasteiger partial charge in [0.1, 0.15) is 0 Å². The Bertz CT molecular complexity index is 410. The Labute approximate surface area is 111 Å². The van der Waals surface area contributed by atoms with Crippen molar-refractivity contribution in [2.24, 2.45) is 0 Å². The quantitative estimate of drug-likeness (QED) is 0.807. The van der Waals surface area contributed by atoms with Crippen LogP contribution in [0.25, 0.3) is 0 Å². The number of anilines is 1. The predicted octanol–water partition coefficient (Wildman–Crippen LogP) is 3.24. The molecule has 0 heterocycles. The average molecular weight is 247 g/mol. The number of hydrogen-bond donors (Lipinski definition) is 1. The SMILES string of the molecule is C/C(=C\CO)CCc1c(C)cc(N(C)C)cc1C. The Balaban J connectivity index is 2.87. The largest absolute Gasteiger partial charge is 0.392 e. The minimum absolute atomic E-state index is 0.142. The van der Waals surface area contributed by atoms with Gasteiger partial charge in [-0.05, 0) is 62.4 Å². The summed E-state index contributed by atoms with van der Waals surface area (Å²) in [6.45, 7) is 6.58. The topological polar surface area (TPSA) is 23.5 Å². The van der Waals surface area contributed by atoms with Gasteiger partial charge in [0.15, 0.2) is 0 Å². The molecule has 18 heavy (non-hydrogen) atoms. The first-order chi connectivity index (χ1) is 8.45. The van der Waals surface area contributed by atoms with E-state index in [0.717, 1.165) is 12.8 Å². The first-order valence-corrected chi connectivity index (χ1v) is 6.49. The van der Waals surface area contributed by atoms with Crippen LogP contribution in [0.15, 0.2) is 23.8 Å². The molecule has 1 aromatic carbocycles. The van der Waals surface area contributed by atoms with Crippen LogP contribution in [0.2, 0.25) is 0 Å². The van der Waals surface area contributed by atoms with Crippen molar-refractivity contribution in [1.82, 2.24) is 0 Å². The van der Waals surface area contributed by atoms with Crippen LogP contribution in [0, 0.1) is 13.8 Å². The maximum atomic E-state index is 8.86. The van der Waals surface area contributed by atoms with Crippen LogP contribution in [-0.4, -0.2) is 25.8 Å². The zero-order valence-electron chi connectivity index (χ0n) is 12.2. The van der Waals surface area contributed by atoms with E-state index in [9.17, 15) is 0 Å². The number of aliphatic hydroxyl groups excluding tert-OH is 1. The van der Waals surface area contributed by atoms with Crippen LogP contribution in [0.1, 0.15) is 30.0 Å². The van der Waals surface area contributed by atoms with Crippen molar-refractivity contribution in [3.8, 4) is 0 Å². The molecule has 0 bridgehead atoms. The smallest absolute Gasteiger partial charge is 0.0614 e. The second-order valence-corrected chi connectivity index (χ2v) is 5.19. The number of allylic oxidation sites excluding steroid dienone is 1. The molecular weight excluding hydrogens is 222 g/mol. The Morgan fingerprint density at radius 1 is 1.22 bits per heavy atom. The lowest BCUT2D eigenvalue weighted by Gasteiger charge is -2.18. The number of benzene rings is 1. The van der Waals surface area contributed by atoms with Gasteiger partial charge in [-0.2, -0.15) is 0 Å². The minimum atomic E-state index is 0.142. The van der Waals surface area contributed by atoms with Crippen molar-refractivity contribution >= 4 is 5.69 Å². The molecule has 100 valence electrons. The average Bonchev–Trinajstić information content (AvgIpc) is 2.27. The molecule has 0 aromatic heterocycles. The Morgan fingerprint density at radius 3 is 2.22 bits per heavy atom. The molecule has 2 nitrogen and oxygen atoms in total. The fraction of sp³-hybridized carbons (Fsp3) is 0.500. The highest BCUT2D eigenvalue weighted by Crippen LogP contribution is 2.23. The summed E-state index contributed by atoms with van der Waals surface area (Å²) in [7, 11) is 4.14. The summed E-state index contributed by atoms with van der Waals surface area (Å²) in [5.74, 6) is 0. The fourth-order valence-corrected chi connectivity index (χ4v) is 2.20. The minimum Gasteiger partial charge on any atom is -0.392 e. The molecule has 0 fully saturated rings. The Kier molecular flexibility index (Phi) is 5.42. The molecule has 0 atom stereocenters. The summed E-state index contributed by atoms with van der Waals surface area (Å²) >= 11 is 0. The zero-order valence-corrected chi connectivity index (χ0v) is 12.2. The lowest BCUT2D eigenvalue weighted by Crippen LogP contribution is -2.10. The third kappa shape index (κ3) is 3.88. The van der Waals surface area contributed by atoms with Crippen molar-refractivity contribution in [3.63, 3.8) is 0 Å². The maximum absolute atomic E-state index is 8.86. The van der Waals surface area contributed by atoms with Crippen LogP contribution in [0.4, 0.5) is 5.69 Å². The lowest BCUT2D eigenvalue weighted by atomic mass is 9.95. The second-order valence-electron chi connectivity index (χ2n) is 5.19. The van der Waals surface area contributed by atoms with Crippen molar-refractivity contribution in [2.75, 3.05) is 25.6 Å². The standard InChI is InChI=1S/C16H25NO/c1-12(8-9-18)6-7-16-13(2)10-15(17(4)5)11-14(16)3/h8,10-11,18H,6-7,9H2,1-5H3/b12-8+. The van der Waals surface area contributed by atoms with Gasteiger partial charge >= 0.3 is 0 Å². The van der Waals surface area contributed by atoms with E-state index in [1.54, 1.807) is 0 Å². The molecule has 0 saturated carbocycles. The number of nitrogens with zero attached hydrogens (tertiary/aromatic N) is 1. The normalized spacial score (nSPS) is 11.8. The van der Waals surface area contributed by atoms with Crippen LogP contribution < -0.4 is 4.90 Å². The van der Waals surface area contributed by atoms with E-state index >= 15 is 0 Å². The van der Waals surface area contributed by atoms with Crippen molar-refractivity contribution in [3.05, 3.63) is 40.5 Å². The Hall–Kier alpha value is -1.28. The van der Waals surface area contributed by atoms with Gasteiger partial charge in [-0.1, -0.05) is 11.6 Å². The summed E-state index contributed by atoms with van der Waals surface area (Å²) in [6, 6.07) is 4.49. The number of hydrogen-bond acceptors (Lipinski definition) is 2. The van der Waals surface area contributed by atoms with E-state index in [-0.39, 0.29) is 6.61 Å². The third-order valence-electron chi connectivity index (χ3n) is 3.41. The van der Waals surface area contributed by atoms with Gasteiger partial charge in [-0.15, -0.1) is 0 Å². The van der Waals surface area contributed by atoms with Crippen LogP contribution in [-0.2, 0) is 6.42 Å². The van der Waals surface area contributed by atoms with E-state index in [4.69, 9.17) is 5.11 Å². The molecule has 0 aliphatic carbocycles. The van der Waals surface area contributed by atoms with Crippen molar-refractivity contribution < 1.29 is 5.11 Å². The number of aliphatic hydroxyl groups is 1. The first kappa shape index (κ1) is 14.8. The van der Waals surface area contributed by atoms with Gasteiger partial charge in [0.05, 0.1) is 6.61 Å². The molecule has 0 amide bonds.